The third-order valence-electron chi connectivity index (χ3n) is 5.09. The Bertz CT molecular complexity index is 1720. The van der Waals surface area contributed by atoms with E-state index in [1.807, 2.05) is 0 Å². The molecule has 0 saturated heterocycles. The van der Waals surface area contributed by atoms with Crippen molar-refractivity contribution in [2.45, 2.75) is 35.0 Å². The molecule has 0 fully saturated rings. The Morgan fingerprint density at radius 1 is 0.837 bits per heavy atom. The highest BCUT2D eigenvalue weighted by Gasteiger charge is 2.31. The summed E-state index contributed by atoms with van der Waals surface area (Å²) in [7, 11) is -1.95. The Morgan fingerprint density at radius 2 is 1.33 bits per heavy atom. The van der Waals surface area contributed by atoms with Gasteiger partial charge >= 0.3 is 18.3 Å². The van der Waals surface area contributed by atoms with E-state index in [4.69, 9.17) is 22.3 Å². The summed E-state index contributed by atoms with van der Waals surface area (Å²) in [4.78, 5) is 10.4. The third kappa shape index (κ3) is 11.3. The Balaban J connectivity index is 0.000000385. The summed E-state index contributed by atoms with van der Waals surface area (Å²) >= 11 is 5.93. The van der Waals surface area contributed by atoms with Gasteiger partial charge in [-0.15, -0.1) is 0 Å². The maximum Gasteiger partial charge on any atom is 0.416 e. The molecule has 3 aromatic carbocycles. The number of anilines is 1. The van der Waals surface area contributed by atoms with Crippen LogP contribution in [0.25, 0.3) is 0 Å². The van der Waals surface area contributed by atoms with Gasteiger partial charge in [-0.3, -0.25) is 9.52 Å². The molecule has 7 nitrogen and oxygen atoms in total. The van der Waals surface area contributed by atoms with Crippen LogP contribution < -0.4 is 4.72 Å². The van der Waals surface area contributed by atoms with Crippen molar-refractivity contribution in [1.82, 2.24) is 0 Å². The van der Waals surface area contributed by atoms with Crippen LogP contribution in [0.4, 0.5) is 32.0 Å². The lowest BCUT2D eigenvalue weighted by molar-refractivity contribution is -0.140. The number of hydrogen-bond donors (Lipinski definition) is 1. The van der Waals surface area contributed by atoms with Crippen LogP contribution in [0.1, 0.15) is 29.5 Å². The molecule has 17 heteroatoms. The summed E-state index contributed by atoms with van der Waals surface area (Å²) in [5.41, 5.74) is -1.53. The van der Waals surface area contributed by atoms with Gasteiger partial charge in [0, 0.05) is 22.1 Å². The minimum Gasteiger partial charge on any atom is -0.469 e. The van der Waals surface area contributed by atoms with Gasteiger partial charge in [-0.1, -0.05) is 23.4 Å². The van der Waals surface area contributed by atoms with Crippen LogP contribution in [0.15, 0.2) is 76.5 Å². The SMILES string of the molecule is COC(=O)CCC#Cc1cc(Cl)ccc1NS(=O)(=O)c1ccc(C(F)(F)F)cc1.O=S(=O)(Cl)c1ccc(C(F)(F)F)cc1. The van der Waals surface area contributed by atoms with Crippen LogP contribution in [-0.2, 0) is 41.0 Å². The van der Waals surface area contributed by atoms with Crippen LogP contribution in [-0.4, -0.2) is 29.9 Å². The number of hydrogen-bond acceptors (Lipinski definition) is 6. The van der Waals surface area contributed by atoms with E-state index >= 15 is 0 Å². The summed E-state index contributed by atoms with van der Waals surface area (Å²) < 4.78 is 127. The molecule has 0 unspecified atom stereocenters. The van der Waals surface area contributed by atoms with Crippen LogP contribution in [0.3, 0.4) is 0 Å². The smallest absolute Gasteiger partial charge is 0.416 e. The Labute approximate surface area is 252 Å². The van der Waals surface area contributed by atoms with E-state index in [9.17, 15) is 48.0 Å². The fraction of sp³-hybridized carbons (Fsp3) is 0.192. The van der Waals surface area contributed by atoms with Crippen LogP contribution in [0.2, 0.25) is 5.02 Å². The normalized spacial score (nSPS) is 11.8. The van der Waals surface area contributed by atoms with E-state index in [-0.39, 0.29) is 33.9 Å². The molecule has 232 valence electrons. The van der Waals surface area contributed by atoms with E-state index in [0.717, 1.165) is 24.3 Å². The molecule has 0 amide bonds. The highest BCUT2D eigenvalue weighted by molar-refractivity contribution is 8.13. The van der Waals surface area contributed by atoms with Gasteiger partial charge < -0.3 is 4.74 Å². The van der Waals surface area contributed by atoms with Gasteiger partial charge in [0.2, 0.25) is 0 Å². The molecule has 0 aromatic heterocycles. The van der Waals surface area contributed by atoms with Crippen molar-refractivity contribution in [1.29, 1.82) is 0 Å². The number of rotatable bonds is 6. The second-order valence-electron chi connectivity index (χ2n) is 8.16. The fourth-order valence-corrected chi connectivity index (χ4v) is 4.99. The molecule has 43 heavy (non-hydrogen) atoms. The topological polar surface area (TPSA) is 107 Å². The zero-order valence-corrected chi connectivity index (χ0v) is 24.7. The number of sulfonamides is 1. The van der Waals surface area contributed by atoms with Gasteiger partial charge in [0.15, 0.2) is 0 Å². The van der Waals surface area contributed by atoms with Crippen LogP contribution >= 0.6 is 22.3 Å². The maximum atomic E-state index is 12.7. The van der Waals surface area contributed by atoms with Gasteiger partial charge in [0.25, 0.3) is 19.1 Å². The van der Waals surface area contributed by atoms with E-state index in [2.05, 4.69) is 21.3 Å². The first kappa shape index (κ1) is 35.7. The number of alkyl halides is 6. The second kappa shape index (κ2) is 14.3. The zero-order valence-electron chi connectivity index (χ0n) is 21.6. The summed E-state index contributed by atoms with van der Waals surface area (Å²) in [6.07, 6.45) is -8.80. The van der Waals surface area contributed by atoms with Gasteiger partial charge in [-0.25, -0.2) is 16.8 Å². The first-order chi connectivity index (χ1) is 19.7. The summed E-state index contributed by atoms with van der Waals surface area (Å²) in [5, 5.41) is 0.305. The fourth-order valence-electron chi connectivity index (χ4n) is 2.97. The molecule has 1 N–H and O–H groups in total. The Kier molecular flexibility index (Phi) is 11.9. The molecule has 0 spiro atoms. The lowest BCUT2D eigenvalue weighted by Crippen LogP contribution is -2.14. The predicted molar refractivity (Wildman–Crippen MR) is 146 cm³/mol. The Morgan fingerprint density at radius 3 is 1.77 bits per heavy atom. The van der Waals surface area contributed by atoms with Crippen molar-refractivity contribution < 1.29 is 52.7 Å². The number of carbonyl (C=O) groups is 1. The highest BCUT2D eigenvalue weighted by atomic mass is 35.7. The standard InChI is InChI=1S/C19H15ClF3NO4S.C7H4ClF3O2S/c1-28-18(25)5-3-2-4-13-12-15(20)8-11-17(13)24-29(26,27)16-9-6-14(7-10-16)19(21,22)23;8-14(12,13)6-3-1-5(2-4-6)7(9,10)11/h6-12,24H,3,5H2,1H3;1-4H. The van der Waals surface area contributed by atoms with Crippen LogP contribution in [0.5, 0.6) is 0 Å². The molecule has 0 aliphatic carbocycles. The maximum absolute atomic E-state index is 12.7. The zero-order chi connectivity index (χ0) is 32.6. The summed E-state index contributed by atoms with van der Waals surface area (Å²) in [5.74, 6) is 5.00. The molecule has 3 aromatic rings. The minimum absolute atomic E-state index is 0.0662. The van der Waals surface area contributed by atoms with E-state index < -0.39 is 48.5 Å². The molecular weight excluding hydrogens is 671 g/mol. The number of ether oxygens (including phenoxy) is 1. The molecule has 0 aliphatic rings. The molecular formula is C26H19Cl2F6NO6S2. The van der Waals surface area contributed by atoms with E-state index in [0.29, 0.717) is 29.3 Å². The predicted octanol–water partition coefficient (Wildman–Crippen LogP) is 7.10. The van der Waals surface area contributed by atoms with Crippen molar-refractivity contribution in [3.05, 3.63) is 88.4 Å². The average molecular weight is 690 g/mol. The molecule has 0 saturated carbocycles. The molecule has 0 aliphatic heterocycles. The largest absolute Gasteiger partial charge is 0.469 e. The van der Waals surface area contributed by atoms with Crippen molar-refractivity contribution in [3.8, 4) is 11.8 Å². The molecule has 0 radical (unpaired) electrons. The van der Waals surface area contributed by atoms with E-state index in [1.165, 1.54) is 25.3 Å². The first-order valence-electron chi connectivity index (χ1n) is 11.4. The van der Waals surface area contributed by atoms with Crippen molar-refractivity contribution in [2.75, 3.05) is 11.8 Å². The summed E-state index contributed by atoms with van der Waals surface area (Å²) in [6.45, 7) is 0. The number of nitrogens with one attached hydrogen (secondary N) is 1. The van der Waals surface area contributed by atoms with Crippen molar-refractivity contribution in [3.63, 3.8) is 0 Å². The number of carbonyl (C=O) groups excluding carboxylic acids is 1. The minimum atomic E-state index is -4.57. The number of esters is 1. The van der Waals surface area contributed by atoms with E-state index in [1.54, 1.807) is 0 Å². The van der Waals surface area contributed by atoms with Gasteiger partial charge in [0.05, 0.1) is 45.7 Å². The summed E-state index contributed by atoms with van der Waals surface area (Å²) in [6, 6.07) is 10.3. The van der Waals surface area contributed by atoms with Crippen LogP contribution in [0, 0.1) is 11.8 Å². The lowest BCUT2D eigenvalue weighted by Gasteiger charge is -2.11. The van der Waals surface area contributed by atoms with Crippen molar-refractivity contribution >= 4 is 53.0 Å². The molecule has 0 heterocycles. The first-order valence-corrected chi connectivity index (χ1v) is 15.6. The van der Waals surface area contributed by atoms with Gasteiger partial charge in [0.1, 0.15) is 0 Å². The number of methoxy groups -OCH3 is 1. The lowest BCUT2D eigenvalue weighted by atomic mass is 10.2. The second-order valence-corrected chi connectivity index (χ2v) is 12.8. The molecule has 0 bridgehead atoms. The van der Waals surface area contributed by atoms with Gasteiger partial charge in [-0.2, -0.15) is 26.3 Å². The van der Waals surface area contributed by atoms with Gasteiger partial charge in [-0.05, 0) is 66.7 Å². The Hall–Kier alpha value is -3.45. The third-order valence-corrected chi connectivity index (χ3v) is 8.07. The quantitative estimate of drug-likeness (QED) is 0.128. The van der Waals surface area contributed by atoms with Crippen molar-refractivity contribution in [2.24, 2.45) is 0 Å². The highest BCUT2D eigenvalue weighted by Crippen LogP contribution is 2.31. The number of halogens is 8. The molecule has 0 atom stereocenters. The monoisotopic (exact) mass is 689 g/mol. The average Bonchev–Trinajstić information content (AvgIpc) is 2.91. The molecule has 3 rings (SSSR count). The number of benzene rings is 3.